The number of carbonyl (C=O) groups excluding carboxylic acids is 1. The Morgan fingerprint density at radius 2 is 1.85 bits per heavy atom. The lowest BCUT2D eigenvalue weighted by Crippen LogP contribution is -2.32. The average molecular weight is 366 g/mol. The Morgan fingerprint density at radius 1 is 1.19 bits per heavy atom. The summed E-state index contributed by atoms with van der Waals surface area (Å²) in [6.07, 6.45) is 2.11. The van der Waals surface area contributed by atoms with Crippen LogP contribution in [0.2, 0.25) is 0 Å². The van der Waals surface area contributed by atoms with Crippen LogP contribution in [-0.2, 0) is 4.79 Å². The zero-order valence-corrected chi connectivity index (χ0v) is 16.1. The first-order chi connectivity index (χ1) is 13.1. The zero-order chi connectivity index (χ0) is 19.4. The van der Waals surface area contributed by atoms with E-state index in [-0.39, 0.29) is 23.6 Å². The van der Waals surface area contributed by atoms with Gasteiger partial charge in [0.15, 0.2) is 0 Å². The molecule has 0 bridgehead atoms. The lowest BCUT2D eigenvalue weighted by atomic mass is 9.96. The number of amides is 1. The van der Waals surface area contributed by atoms with Crippen LogP contribution in [0.15, 0.2) is 53.6 Å². The number of methoxy groups -OCH3 is 1. The second kappa shape index (κ2) is 8.25. The number of hydrazone groups is 1. The van der Waals surface area contributed by atoms with Crippen LogP contribution in [0.1, 0.15) is 50.3 Å². The average Bonchev–Trinajstić information content (AvgIpc) is 3.14. The van der Waals surface area contributed by atoms with Gasteiger partial charge in [-0.3, -0.25) is 4.79 Å². The van der Waals surface area contributed by atoms with Crippen molar-refractivity contribution in [3.63, 3.8) is 0 Å². The van der Waals surface area contributed by atoms with Crippen molar-refractivity contribution >= 4 is 11.6 Å². The van der Waals surface area contributed by atoms with Crippen molar-refractivity contribution in [1.82, 2.24) is 5.01 Å². The molecule has 0 aromatic heterocycles. The first-order valence-corrected chi connectivity index (χ1v) is 9.41. The molecule has 1 aliphatic heterocycles. The third-order valence-corrected chi connectivity index (χ3v) is 5.19. The highest BCUT2D eigenvalue weighted by Crippen LogP contribution is 2.38. The minimum absolute atomic E-state index is 0.0109. The molecule has 1 amide bonds. The maximum Gasteiger partial charge on any atom is 0.246 e. The first-order valence-electron chi connectivity index (χ1n) is 9.41. The van der Waals surface area contributed by atoms with Gasteiger partial charge in [0.2, 0.25) is 5.91 Å². The molecule has 0 aliphatic carbocycles. The van der Waals surface area contributed by atoms with E-state index in [1.54, 1.807) is 24.3 Å². The van der Waals surface area contributed by atoms with Crippen molar-refractivity contribution in [3.05, 3.63) is 59.7 Å². The topological polar surface area (TPSA) is 62.1 Å². The molecule has 0 saturated heterocycles. The van der Waals surface area contributed by atoms with Gasteiger partial charge in [0.05, 0.1) is 18.9 Å². The number of phenolic OH excluding ortho intramolecular Hbond substituents is 1. The molecular weight excluding hydrogens is 340 g/mol. The summed E-state index contributed by atoms with van der Waals surface area (Å²) in [5, 5.41) is 16.6. The number of ether oxygens (including phenoxy) is 1. The number of phenols is 1. The molecule has 0 saturated carbocycles. The largest absolute Gasteiger partial charge is 0.508 e. The summed E-state index contributed by atoms with van der Waals surface area (Å²) in [6.45, 7) is 4.04. The van der Waals surface area contributed by atoms with E-state index in [0.29, 0.717) is 6.42 Å². The zero-order valence-electron chi connectivity index (χ0n) is 16.1. The third-order valence-electron chi connectivity index (χ3n) is 5.19. The van der Waals surface area contributed by atoms with Gasteiger partial charge in [0.1, 0.15) is 11.5 Å². The van der Waals surface area contributed by atoms with Crippen molar-refractivity contribution in [2.75, 3.05) is 7.11 Å². The summed E-state index contributed by atoms with van der Waals surface area (Å²) in [5.41, 5.74) is 2.52. The van der Waals surface area contributed by atoms with E-state index in [4.69, 9.17) is 4.74 Å². The fourth-order valence-corrected chi connectivity index (χ4v) is 3.51. The third kappa shape index (κ3) is 3.82. The van der Waals surface area contributed by atoms with Crippen molar-refractivity contribution in [1.29, 1.82) is 0 Å². The number of hydrogen-bond acceptors (Lipinski definition) is 4. The summed E-state index contributed by atoms with van der Waals surface area (Å²) in [5.74, 6) is 0.907. The van der Waals surface area contributed by atoms with E-state index in [1.165, 1.54) is 0 Å². The fraction of sp³-hybridized carbons (Fsp3) is 0.364. The summed E-state index contributed by atoms with van der Waals surface area (Å²) in [7, 11) is 1.63. The Labute approximate surface area is 160 Å². The number of para-hydroxylation sites is 1. The van der Waals surface area contributed by atoms with Crippen molar-refractivity contribution in [2.24, 2.45) is 11.0 Å². The number of hydrogen-bond donors (Lipinski definition) is 1. The molecule has 2 aromatic carbocycles. The Kier molecular flexibility index (Phi) is 5.79. The molecule has 0 spiro atoms. The highest BCUT2D eigenvalue weighted by molar-refractivity contribution is 6.03. The fourth-order valence-electron chi connectivity index (χ4n) is 3.51. The Hall–Kier alpha value is -2.82. The normalized spacial score (nSPS) is 16.5. The minimum Gasteiger partial charge on any atom is -0.508 e. The summed E-state index contributed by atoms with van der Waals surface area (Å²) in [6, 6.07) is 14.6. The summed E-state index contributed by atoms with van der Waals surface area (Å²) < 4.78 is 5.22. The lowest BCUT2D eigenvalue weighted by molar-refractivity contribution is -0.137. The van der Waals surface area contributed by atoms with E-state index in [1.807, 2.05) is 50.2 Å². The van der Waals surface area contributed by atoms with Gasteiger partial charge in [-0.05, 0) is 48.7 Å². The highest BCUT2D eigenvalue weighted by atomic mass is 16.5. The molecule has 2 aromatic rings. The van der Waals surface area contributed by atoms with Crippen molar-refractivity contribution < 1.29 is 14.6 Å². The van der Waals surface area contributed by atoms with Crippen LogP contribution in [0.3, 0.4) is 0 Å². The molecule has 0 radical (unpaired) electrons. The van der Waals surface area contributed by atoms with Crippen LogP contribution in [-0.4, -0.2) is 28.8 Å². The van der Waals surface area contributed by atoms with Gasteiger partial charge in [0, 0.05) is 17.9 Å². The SMILES string of the molecule is CCC(CC)C(=O)N1N=C(c2ccc(OC)cc2)CC1c1ccccc1O. The number of carbonyl (C=O) groups is 1. The van der Waals surface area contributed by atoms with Crippen LogP contribution < -0.4 is 4.74 Å². The molecule has 1 atom stereocenters. The van der Waals surface area contributed by atoms with E-state index < -0.39 is 0 Å². The Bertz CT molecular complexity index is 826. The second-order valence-electron chi connectivity index (χ2n) is 6.75. The number of nitrogens with zero attached hydrogens (tertiary/aromatic N) is 2. The van der Waals surface area contributed by atoms with Crippen molar-refractivity contribution in [3.8, 4) is 11.5 Å². The highest BCUT2D eigenvalue weighted by Gasteiger charge is 2.36. The van der Waals surface area contributed by atoms with Gasteiger partial charge in [0.25, 0.3) is 0 Å². The molecule has 27 heavy (non-hydrogen) atoms. The number of rotatable bonds is 6. The Balaban J connectivity index is 1.98. The van der Waals surface area contributed by atoms with E-state index in [9.17, 15) is 9.90 Å². The molecule has 1 unspecified atom stereocenters. The van der Waals surface area contributed by atoms with Gasteiger partial charge >= 0.3 is 0 Å². The molecule has 3 rings (SSSR count). The predicted octanol–water partition coefficient (Wildman–Crippen LogP) is 4.51. The molecule has 0 fully saturated rings. The number of aromatic hydroxyl groups is 1. The smallest absolute Gasteiger partial charge is 0.246 e. The molecule has 5 heteroatoms. The summed E-state index contributed by atoms with van der Waals surface area (Å²) >= 11 is 0. The quantitative estimate of drug-likeness (QED) is 0.818. The van der Waals surface area contributed by atoms with Crippen LogP contribution in [0.25, 0.3) is 0 Å². The van der Waals surface area contributed by atoms with Crippen LogP contribution in [0.4, 0.5) is 0 Å². The lowest BCUT2D eigenvalue weighted by Gasteiger charge is -2.26. The molecule has 1 N–H and O–H groups in total. The molecule has 1 aliphatic rings. The first kappa shape index (κ1) is 19.0. The van der Waals surface area contributed by atoms with Crippen LogP contribution in [0.5, 0.6) is 11.5 Å². The van der Waals surface area contributed by atoms with Crippen LogP contribution in [0, 0.1) is 5.92 Å². The minimum atomic E-state index is -0.295. The van der Waals surface area contributed by atoms with E-state index in [2.05, 4.69) is 5.10 Å². The molecule has 142 valence electrons. The van der Waals surface area contributed by atoms with Gasteiger partial charge < -0.3 is 9.84 Å². The van der Waals surface area contributed by atoms with Gasteiger partial charge in [-0.15, -0.1) is 0 Å². The van der Waals surface area contributed by atoms with E-state index >= 15 is 0 Å². The second-order valence-corrected chi connectivity index (χ2v) is 6.75. The maximum atomic E-state index is 13.1. The van der Waals surface area contributed by atoms with Crippen LogP contribution >= 0.6 is 0 Å². The number of benzene rings is 2. The molecular formula is C22H26N2O3. The monoisotopic (exact) mass is 366 g/mol. The van der Waals surface area contributed by atoms with Gasteiger partial charge in [-0.1, -0.05) is 32.0 Å². The standard InChI is InChI=1S/C22H26N2O3/c1-4-15(5-2)22(26)24-20(18-8-6-7-9-21(18)25)14-19(23-24)16-10-12-17(27-3)13-11-16/h6-13,15,20,25H,4-5,14H2,1-3H3. The van der Waals surface area contributed by atoms with Crippen molar-refractivity contribution in [2.45, 2.75) is 39.2 Å². The maximum absolute atomic E-state index is 13.1. The summed E-state index contributed by atoms with van der Waals surface area (Å²) in [4.78, 5) is 13.1. The molecule has 5 nitrogen and oxygen atoms in total. The predicted molar refractivity (Wildman–Crippen MR) is 106 cm³/mol. The van der Waals surface area contributed by atoms with Gasteiger partial charge in [-0.25, -0.2) is 5.01 Å². The Morgan fingerprint density at radius 3 is 2.44 bits per heavy atom. The van der Waals surface area contributed by atoms with E-state index in [0.717, 1.165) is 35.4 Å². The molecule has 1 heterocycles. The van der Waals surface area contributed by atoms with Gasteiger partial charge in [-0.2, -0.15) is 5.10 Å².